The number of rotatable bonds is 7. The van der Waals surface area contributed by atoms with Crippen molar-refractivity contribution in [2.75, 3.05) is 21.9 Å². The van der Waals surface area contributed by atoms with Crippen molar-refractivity contribution in [2.24, 2.45) is 0 Å². The minimum Gasteiger partial charge on any atom is -0.370 e. The minimum atomic E-state index is -4.05. The Labute approximate surface area is 167 Å². The van der Waals surface area contributed by atoms with Crippen molar-refractivity contribution >= 4 is 33.0 Å². The first kappa shape index (κ1) is 20.5. The second-order valence-electron chi connectivity index (χ2n) is 6.10. The molecular weight excluding hydrogens is 400 g/mol. The Morgan fingerprint density at radius 2 is 1.55 bits per heavy atom. The Balaban J connectivity index is 1.74. The molecule has 10 heteroatoms. The molecule has 0 amide bonds. The smallest absolute Gasteiger partial charge is 0.261 e. The fourth-order valence-electron chi connectivity index (χ4n) is 2.53. The van der Waals surface area contributed by atoms with E-state index in [2.05, 4.69) is 25.3 Å². The van der Waals surface area contributed by atoms with Gasteiger partial charge < -0.3 is 10.6 Å². The van der Waals surface area contributed by atoms with E-state index >= 15 is 0 Å². The molecule has 152 valence electrons. The van der Waals surface area contributed by atoms with E-state index in [1.165, 1.54) is 0 Å². The van der Waals surface area contributed by atoms with Crippen molar-refractivity contribution in [2.45, 2.75) is 18.7 Å². The van der Waals surface area contributed by atoms with Gasteiger partial charge >= 0.3 is 0 Å². The zero-order valence-electron chi connectivity index (χ0n) is 15.7. The number of sulfonamides is 1. The highest BCUT2D eigenvalue weighted by molar-refractivity contribution is 7.92. The molecule has 0 atom stereocenters. The van der Waals surface area contributed by atoms with E-state index in [-0.39, 0.29) is 10.6 Å². The zero-order valence-corrected chi connectivity index (χ0v) is 16.5. The zero-order chi connectivity index (χ0) is 21.0. The van der Waals surface area contributed by atoms with E-state index in [0.29, 0.717) is 29.2 Å². The van der Waals surface area contributed by atoms with Gasteiger partial charge in [-0.1, -0.05) is 0 Å². The SMILES string of the molecule is CCNc1cc(Nc2ccc(NS(=O)(=O)c3ccc(F)c(F)c3)cc2)nc(C)n1. The third-order valence-corrected chi connectivity index (χ3v) is 5.19. The molecule has 3 aromatic rings. The molecule has 0 bridgehead atoms. The summed E-state index contributed by atoms with van der Waals surface area (Å²) in [6.07, 6.45) is 0. The summed E-state index contributed by atoms with van der Waals surface area (Å²) in [5, 5.41) is 6.23. The maximum Gasteiger partial charge on any atom is 0.261 e. The third kappa shape index (κ3) is 5.17. The summed E-state index contributed by atoms with van der Waals surface area (Å²) in [5.41, 5.74) is 0.953. The Bertz CT molecular complexity index is 1120. The molecule has 0 unspecified atom stereocenters. The van der Waals surface area contributed by atoms with Crippen LogP contribution in [0, 0.1) is 18.6 Å². The van der Waals surface area contributed by atoms with Crippen LogP contribution in [0.3, 0.4) is 0 Å². The number of hydrogen-bond acceptors (Lipinski definition) is 6. The first-order valence-corrected chi connectivity index (χ1v) is 10.2. The first-order valence-electron chi connectivity index (χ1n) is 8.71. The van der Waals surface area contributed by atoms with Crippen molar-refractivity contribution in [1.29, 1.82) is 0 Å². The van der Waals surface area contributed by atoms with Crippen LogP contribution in [0.2, 0.25) is 0 Å². The van der Waals surface area contributed by atoms with E-state index in [4.69, 9.17) is 0 Å². The van der Waals surface area contributed by atoms with E-state index < -0.39 is 21.7 Å². The van der Waals surface area contributed by atoms with Crippen LogP contribution in [-0.2, 0) is 10.0 Å². The number of benzene rings is 2. The molecule has 0 aliphatic heterocycles. The molecule has 0 fully saturated rings. The Kier molecular flexibility index (Phi) is 5.92. The molecule has 3 N–H and O–H groups in total. The summed E-state index contributed by atoms with van der Waals surface area (Å²) in [4.78, 5) is 8.21. The topological polar surface area (TPSA) is 96.0 Å². The van der Waals surface area contributed by atoms with E-state index in [9.17, 15) is 17.2 Å². The lowest BCUT2D eigenvalue weighted by atomic mass is 10.3. The monoisotopic (exact) mass is 419 g/mol. The minimum absolute atomic E-state index is 0.271. The highest BCUT2D eigenvalue weighted by Crippen LogP contribution is 2.22. The largest absolute Gasteiger partial charge is 0.370 e. The fraction of sp³-hybridized carbons (Fsp3) is 0.158. The van der Waals surface area contributed by atoms with Gasteiger partial charge in [0.15, 0.2) is 11.6 Å². The lowest BCUT2D eigenvalue weighted by Crippen LogP contribution is -2.13. The highest BCUT2D eigenvalue weighted by Gasteiger charge is 2.16. The van der Waals surface area contributed by atoms with Crippen LogP contribution in [0.4, 0.5) is 31.8 Å². The van der Waals surface area contributed by atoms with Crippen molar-refractivity contribution in [1.82, 2.24) is 9.97 Å². The van der Waals surface area contributed by atoms with E-state index in [1.54, 1.807) is 37.3 Å². The summed E-state index contributed by atoms with van der Waals surface area (Å²) in [5.74, 6) is -0.468. The Morgan fingerprint density at radius 3 is 2.21 bits per heavy atom. The van der Waals surface area contributed by atoms with Gasteiger partial charge in [0.2, 0.25) is 0 Å². The molecule has 0 radical (unpaired) electrons. The summed E-state index contributed by atoms with van der Waals surface area (Å²) in [6.45, 7) is 4.47. The predicted molar refractivity (Wildman–Crippen MR) is 108 cm³/mol. The van der Waals surface area contributed by atoms with Crippen LogP contribution in [0.1, 0.15) is 12.7 Å². The molecule has 7 nitrogen and oxygen atoms in total. The number of halogens is 2. The van der Waals surface area contributed by atoms with Gasteiger partial charge in [-0.15, -0.1) is 0 Å². The molecule has 29 heavy (non-hydrogen) atoms. The van der Waals surface area contributed by atoms with Crippen LogP contribution in [-0.4, -0.2) is 24.9 Å². The van der Waals surface area contributed by atoms with Gasteiger partial charge in [0.1, 0.15) is 17.5 Å². The molecule has 0 aliphatic carbocycles. The van der Waals surface area contributed by atoms with Gasteiger partial charge in [0.25, 0.3) is 10.0 Å². The van der Waals surface area contributed by atoms with Crippen LogP contribution in [0.5, 0.6) is 0 Å². The highest BCUT2D eigenvalue weighted by atomic mass is 32.2. The van der Waals surface area contributed by atoms with Gasteiger partial charge in [-0.05, 0) is 56.3 Å². The van der Waals surface area contributed by atoms with Crippen LogP contribution in [0.25, 0.3) is 0 Å². The summed E-state index contributed by atoms with van der Waals surface area (Å²) in [6, 6.07) is 10.6. The number of aromatic nitrogens is 2. The molecule has 0 saturated carbocycles. The second-order valence-corrected chi connectivity index (χ2v) is 7.78. The molecule has 1 aromatic heterocycles. The number of nitrogens with one attached hydrogen (secondary N) is 3. The number of aryl methyl sites for hydroxylation is 1. The van der Waals surface area contributed by atoms with Crippen LogP contribution < -0.4 is 15.4 Å². The lowest BCUT2D eigenvalue weighted by molar-refractivity contribution is 0.504. The number of hydrogen-bond donors (Lipinski definition) is 3. The van der Waals surface area contributed by atoms with Crippen molar-refractivity contribution in [3.05, 3.63) is 66.0 Å². The standard InChI is InChI=1S/C19H19F2N5O2S/c1-3-22-18-11-19(24-12(2)23-18)25-13-4-6-14(7-5-13)26-29(27,28)15-8-9-16(20)17(21)10-15/h4-11,26H,3H2,1-2H3,(H2,22,23,24,25). The first-order chi connectivity index (χ1) is 13.8. The lowest BCUT2D eigenvalue weighted by Gasteiger charge is -2.11. The average molecular weight is 419 g/mol. The molecule has 2 aromatic carbocycles. The average Bonchev–Trinajstić information content (AvgIpc) is 2.65. The molecular formula is C19H19F2N5O2S. The predicted octanol–water partition coefficient (Wildman–Crippen LogP) is 4.04. The van der Waals surface area contributed by atoms with Gasteiger partial charge in [0, 0.05) is 24.0 Å². The quantitative estimate of drug-likeness (QED) is 0.535. The molecule has 0 aliphatic rings. The summed E-state index contributed by atoms with van der Waals surface area (Å²) < 4.78 is 53.3. The maximum absolute atomic E-state index is 13.3. The van der Waals surface area contributed by atoms with Crippen LogP contribution >= 0.6 is 0 Å². The molecule has 0 saturated heterocycles. The van der Waals surface area contributed by atoms with Crippen molar-refractivity contribution in [3.8, 4) is 0 Å². The van der Waals surface area contributed by atoms with Gasteiger partial charge in [0.05, 0.1) is 4.90 Å². The number of anilines is 4. The fourth-order valence-corrected chi connectivity index (χ4v) is 3.60. The Morgan fingerprint density at radius 1 is 0.897 bits per heavy atom. The Hall–Kier alpha value is -3.27. The molecule has 0 spiro atoms. The van der Waals surface area contributed by atoms with Crippen LogP contribution in [0.15, 0.2) is 53.4 Å². The summed E-state index contributed by atoms with van der Waals surface area (Å²) in [7, 11) is -4.05. The second kappa shape index (κ2) is 8.39. The molecule has 3 rings (SSSR count). The van der Waals surface area contributed by atoms with Gasteiger partial charge in [-0.3, -0.25) is 4.72 Å². The molecule has 1 heterocycles. The van der Waals surface area contributed by atoms with Gasteiger partial charge in [-0.25, -0.2) is 27.2 Å². The van der Waals surface area contributed by atoms with Crippen molar-refractivity contribution in [3.63, 3.8) is 0 Å². The van der Waals surface area contributed by atoms with Gasteiger partial charge in [-0.2, -0.15) is 0 Å². The summed E-state index contributed by atoms with van der Waals surface area (Å²) >= 11 is 0. The van der Waals surface area contributed by atoms with E-state index in [1.807, 2.05) is 6.92 Å². The number of nitrogens with zero attached hydrogens (tertiary/aromatic N) is 2. The normalized spacial score (nSPS) is 11.2. The van der Waals surface area contributed by atoms with Crippen molar-refractivity contribution < 1.29 is 17.2 Å². The maximum atomic E-state index is 13.3. The van der Waals surface area contributed by atoms with E-state index in [0.717, 1.165) is 18.7 Å². The third-order valence-electron chi connectivity index (χ3n) is 3.81.